The maximum absolute atomic E-state index is 11.3. The second-order valence-corrected chi connectivity index (χ2v) is 7.25. The first-order valence-corrected chi connectivity index (χ1v) is 10.3. The van der Waals surface area contributed by atoms with Crippen molar-refractivity contribution in [2.45, 2.75) is 32.6 Å². The van der Waals surface area contributed by atoms with Crippen LogP contribution in [-0.4, -0.2) is 30.0 Å². The van der Waals surface area contributed by atoms with Crippen LogP contribution in [0.25, 0.3) is 0 Å². The average Bonchev–Trinajstić information content (AvgIpc) is 2.78. The Labute approximate surface area is 181 Å². The summed E-state index contributed by atoms with van der Waals surface area (Å²) in [4.78, 5) is 13.4. The van der Waals surface area contributed by atoms with Crippen LogP contribution in [0.4, 0.5) is 11.4 Å². The third-order valence-corrected chi connectivity index (χ3v) is 5.13. The number of fused-ring (bicyclic) bond motifs is 2. The van der Waals surface area contributed by atoms with Crippen LogP contribution < -0.4 is 14.4 Å². The van der Waals surface area contributed by atoms with Crippen molar-refractivity contribution >= 4 is 17.3 Å². The van der Waals surface area contributed by atoms with E-state index in [0.29, 0.717) is 18.8 Å². The molecule has 1 aliphatic rings. The molecule has 3 aromatic carbocycles. The monoisotopic (exact) mass is 419 g/mol. The molecule has 0 spiro atoms. The Morgan fingerprint density at radius 3 is 2.10 bits per heavy atom. The van der Waals surface area contributed by atoms with Gasteiger partial charge in [-0.3, -0.25) is 4.90 Å². The number of benzene rings is 3. The average molecular weight is 419 g/mol. The molecule has 4 rings (SSSR count). The van der Waals surface area contributed by atoms with Gasteiger partial charge in [0.2, 0.25) is 0 Å². The molecule has 0 bridgehead atoms. The van der Waals surface area contributed by atoms with E-state index in [1.807, 2.05) is 79.7 Å². The van der Waals surface area contributed by atoms with Gasteiger partial charge < -0.3 is 19.3 Å². The summed E-state index contributed by atoms with van der Waals surface area (Å²) in [6.45, 7) is 4.14. The molecule has 0 saturated heterocycles. The summed E-state index contributed by atoms with van der Waals surface area (Å²) in [7, 11) is 0. The number of para-hydroxylation sites is 4. The van der Waals surface area contributed by atoms with Crippen molar-refractivity contribution in [3.63, 3.8) is 0 Å². The Balaban J connectivity index is 1.53. The van der Waals surface area contributed by atoms with E-state index >= 15 is 0 Å². The maximum atomic E-state index is 11.3. The Morgan fingerprint density at radius 1 is 0.968 bits per heavy atom. The normalized spacial score (nSPS) is 14.1. The highest BCUT2D eigenvalue weighted by Crippen LogP contribution is 2.47. The molecular formula is C25H25NO5. The van der Waals surface area contributed by atoms with Crippen LogP contribution in [0.2, 0.25) is 0 Å². The molecule has 1 aliphatic heterocycles. The Hall–Kier alpha value is -3.51. The van der Waals surface area contributed by atoms with Gasteiger partial charge in [0.05, 0.1) is 11.4 Å². The van der Waals surface area contributed by atoms with E-state index in [0.717, 1.165) is 28.4 Å². The lowest BCUT2D eigenvalue weighted by molar-refractivity contribution is -0.149. The van der Waals surface area contributed by atoms with E-state index in [9.17, 15) is 9.90 Å². The highest BCUT2D eigenvalue weighted by Gasteiger charge is 2.28. The van der Waals surface area contributed by atoms with Crippen LogP contribution in [-0.2, 0) is 16.0 Å². The summed E-state index contributed by atoms with van der Waals surface area (Å²) in [5.74, 6) is 1.30. The van der Waals surface area contributed by atoms with Gasteiger partial charge in [-0.05, 0) is 55.8 Å². The fourth-order valence-corrected chi connectivity index (χ4v) is 3.71. The topological polar surface area (TPSA) is 68.2 Å². The van der Waals surface area contributed by atoms with Crippen molar-refractivity contribution in [2.24, 2.45) is 0 Å². The molecule has 0 fully saturated rings. The molecule has 3 aromatic rings. The number of aliphatic carboxylic acids is 1. The zero-order valence-corrected chi connectivity index (χ0v) is 17.5. The van der Waals surface area contributed by atoms with Crippen LogP contribution in [0.1, 0.15) is 19.4 Å². The molecule has 2 atom stereocenters. The molecule has 1 N–H and O–H groups in total. The number of carboxylic acid groups (broad SMARTS) is 1. The minimum atomic E-state index is -0.958. The van der Waals surface area contributed by atoms with Gasteiger partial charge in [0, 0.05) is 13.0 Å². The summed E-state index contributed by atoms with van der Waals surface area (Å²) in [5.41, 5.74) is 2.75. The quantitative estimate of drug-likeness (QED) is 0.528. The molecule has 6 nitrogen and oxygen atoms in total. The molecule has 31 heavy (non-hydrogen) atoms. The lowest BCUT2D eigenvalue weighted by atomic mass is 10.1. The van der Waals surface area contributed by atoms with Gasteiger partial charge in [0.25, 0.3) is 0 Å². The Kier molecular flexibility index (Phi) is 6.09. The first-order valence-electron chi connectivity index (χ1n) is 10.3. The van der Waals surface area contributed by atoms with E-state index < -0.39 is 12.1 Å². The van der Waals surface area contributed by atoms with Gasteiger partial charge in [-0.1, -0.05) is 36.4 Å². The molecule has 6 heteroatoms. The zero-order valence-electron chi connectivity index (χ0n) is 17.5. The molecule has 1 heterocycles. The van der Waals surface area contributed by atoms with E-state index in [-0.39, 0.29) is 6.23 Å². The lowest BCUT2D eigenvalue weighted by Gasteiger charge is -2.36. The summed E-state index contributed by atoms with van der Waals surface area (Å²) < 4.78 is 17.6. The van der Waals surface area contributed by atoms with Crippen LogP contribution in [0.15, 0.2) is 72.8 Å². The Bertz CT molecular complexity index is 1000. The predicted octanol–water partition coefficient (Wildman–Crippen LogP) is 5.39. The molecule has 0 amide bonds. The third kappa shape index (κ3) is 4.49. The Morgan fingerprint density at radius 2 is 1.55 bits per heavy atom. The van der Waals surface area contributed by atoms with Gasteiger partial charge in [-0.25, -0.2) is 4.79 Å². The van der Waals surface area contributed by atoms with Gasteiger partial charge >= 0.3 is 5.97 Å². The molecule has 0 aliphatic carbocycles. The van der Waals surface area contributed by atoms with Crippen LogP contribution in [0.3, 0.4) is 0 Å². The van der Waals surface area contributed by atoms with E-state index in [1.54, 1.807) is 6.92 Å². The highest BCUT2D eigenvalue weighted by atomic mass is 16.5. The van der Waals surface area contributed by atoms with Crippen molar-refractivity contribution < 1.29 is 24.1 Å². The number of nitrogens with zero attached hydrogens (tertiary/aromatic N) is 1. The molecule has 1 unspecified atom stereocenters. The first-order chi connectivity index (χ1) is 15.1. The minimum Gasteiger partial charge on any atom is -0.479 e. The number of hydrogen-bond acceptors (Lipinski definition) is 5. The molecule has 0 radical (unpaired) electrons. The zero-order chi connectivity index (χ0) is 21.8. The first kappa shape index (κ1) is 20.8. The van der Waals surface area contributed by atoms with Gasteiger partial charge in [0.15, 0.2) is 23.8 Å². The fourth-order valence-electron chi connectivity index (χ4n) is 3.71. The molecule has 0 saturated carbocycles. The SMILES string of the molecule is CCO[C@@H](Cc1ccc(OC(C)N2c3ccccc3Oc3ccccc32)cc1)C(=O)O. The second-order valence-electron chi connectivity index (χ2n) is 7.25. The van der Waals surface area contributed by atoms with Crippen molar-refractivity contribution in [2.75, 3.05) is 11.5 Å². The predicted molar refractivity (Wildman–Crippen MR) is 118 cm³/mol. The maximum Gasteiger partial charge on any atom is 0.333 e. The van der Waals surface area contributed by atoms with Crippen molar-refractivity contribution in [3.05, 3.63) is 78.4 Å². The van der Waals surface area contributed by atoms with E-state index in [2.05, 4.69) is 4.90 Å². The summed E-state index contributed by atoms with van der Waals surface area (Å²) >= 11 is 0. The standard InChI is InChI=1S/C25H25NO5/c1-3-29-24(25(27)28)16-18-12-14-19(15-13-18)30-17(2)26-20-8-4-6-10-22(20)31-23-11-7-5-9-21(23)26/h4-15,17,24H,3,16H2,1-2H3,(H,27,28)/t17?,24-/m0/s1. The number of anilines is 2. The number of carboxylic acids is 1. The van der Waals surface area contributed by atoms with Crippen LogP contribution in [0.5, 0.6) is 17.2 Å². The molecular weight excluding hydrogens is 394 g/mol. The number of rotatable bonds is 8. The summed E-state index contributed by atoms with van der Waals surface area (Å²) in [6, 6.07) is 23.2. The number of hydrogen-bond donors (Lipinski definition) is 1. The number of carbonyl (C=O) groups is 1. The molecule has 160 valence electrons. The fraction of sp³-hybridized carbons (Fsp3) is 0.240. The van der Waals surface area contributed by atoms with Gasteiger partial charge in [-0.15, -0.1) is 0 Å². The van der Waals surface area contributed by atoms with Crippen LogP contribution >= 0.6 is 0 Å². The van der Waals surface area contributed by atoms with Gasteiger partial charge in [0.1, 0.15) is 5.75 Å². The van der Waals surface area contributed by atoms with E-state index in [1.165, 1.54) is 0 Å². The van der Waals surface area contributed by atoms with Gasteiger partial charge in [-0.2, -0.15) is 0 Å². The lowest BCUT2D eigenvalue weighted by Crippen LogP contribution is -2.35. The van der Waals surface area contributed by atoms with Crippen molar-refractivity contribution in [1.82, 2.24) is 0 Å². The summed E-state index contributed by atoms with van der Waals surface area (Å²) in [5, 5.41) is 9.28. The third-order valence-electron chi connectivity index (χ3n) is 5.13. The summed E-state index contributed by atoms with van der Waals surface area (Å²) in [6.07, 6.45) is -0.840. The van der Waals surface area contributed by atoms with Crippen molar-refractivity contribution in [3.8, 4) is 17.2 Å². The van der Waals surface area contributed by atoms with Crippen molar-refractivity contribution in [1.29, 1.82) is 0 Å². The minimum absolute atomic E-state index is 0.299. The highest BCUT2D eigenvalue weighted by molar-refractivity contribution is 5.78. The second kappa shape index (κ2) is 9.10. The number of ether oxygens (including phenoxy) is 3. The molecule has 0 aromatic heterocycles. The largest absolute Gasteiger partial charge is 0.479 e. The van der Waals surface area contributed by atoms with E-state index in [4.69, 9.17) is 14.2 Å². The van der Waals surface area contributed by atoms with Crippen LogP contribution in [0, 0.1) is 0 Å². The smallest absolute Gasteiger partial charge is 0.333 e.